The van der Waals surface area contributed by atoms with Crippen LogP contribution in [-0.2, 0) is 9.47 Å². The van der Waals surface area contributed by atoms with Gasteiger partial charge < -0.3 is 19.7 Å². The van der Waals surface area contributed by atoms with Gasteiger partial charge in [-0.05, 0) is 31.6 Å². The smallest absolute Gasteiger partial charge is 0.160 e. The molecule has 1 saturated heterocycles. The molecule has 2 N–H and O–H groups in total. The van der Waals surface area contributed by atoms with E-state index in [0.717, 1.165) is 12.8 Å². The van der Waals surface area contributed by atoms with Crippen LogP contribution in [0.2, 0.25) is 0 Å². The van der Waals surface area contributed by atoms with Gasteiger partial charge in [0.15, 0.2) is 12.6 Å². The predicted molar refractivity (Wildman–Crippen MR) is 51.8 cm³/mol. The Morgan fingerprint density at radius 1 is 1.53 bits per heavy atom. The first-order valence-electron chi connectivity index (χ1n) is 5.69. The van der Waals surface area contributed by atoms with Crippen LogP contribution in [0.1, 0.15) is 26.7 Å². The zero-order valence-corrected chi connectivity index (χ0v) is 9.09. The van der Waals surface area contributed by atoms with Gasteiger partial charge in [0.25, 0.3) is 0 Å². The highest BCUT2D eigenvalue weighted by Gasteiger charge is 2.67. The molecule has 2 saturated carbocycles. The van der Waals surface area contributed by atoms with Crippen molar-refractivity contribution >= 4 is 0 Å². The number of hydrogen-bond acceptors (Lipinski definition) is 4. The van der Waals surface area contributed by atoms with Crippen LogP contribution in [0.5, 0.6) is 0 Å². The van der Waals surface area contributed by atoms with Crippen molar-refractivity contribution in [3.8, 4) is 0 Å². The molecule has 2 aliphatic carbocycles. The van der Waals surface area contributed by atoms with Crippen molar-refractivity contribution in [3.05, 3.63) is 0 Å². The van der Waals surface area contributed by atoms with Gasteiger partial charge in [-0.25, -0.2) is 0 Å². The average molecular weight is 214 g/mol. The Labute approximate surface area is 89.2 Å². The molecule has 86 valence electrons. The molecule has 3 fully saturated rings. The number of aliphatic hydroxyl groups excluding tert-OH is 2. The Kier molecular flexibility index (Phi) is 1.97. The third-order valence-electron chi connectivity index (χ3n) is 4.50. The summed E-state index contributed by atoms with van der Waals surface area (Å²) in [6, 6.07) is 0. The molecule has 7 atom stereocenters. The van der Waals surface area contributed by atoms with E-state index in [1.165, 1.54) is 0 Å². The Morgan fingerprint density at radius 2 is 2.27 bits per heavy atom. The third-order valence-corrected chi connectivity index (χ3v) is 4.50. The summed E-state index contributed by atoms with van der Waals surface area (Å²) in [7, 11) is 0. The van der Waals surface area contributed by atoms with Crippen LogP contribution in [0, 0.1) is 17.3 Å². The number of rotatable bonds is 2. The fourth-order valence-electron chi connectivity index (χ4n) is 3.83. The van der Waals surface area contributed by atoms with Crippen LogP contribution in [-0.4, -0.2) is 35.0 Å². The first-order valence-corrected chi connectivity index (χ1v) is 5.69. The first kappa shape index (κ1) is 10.0. The maximum Gasteiger partial charge on any atom is 0.160 e. The van der Waals surface area contributed by atoms with E-state index in [9.17, 15) is 10.2 Å². The lowest BCUT2D eigenvalue weighted by molar-refractivity contribution is -0.183. The third kappa shape index (κ3) is 1.16. The van der Waals surface area contributed by atoms with E-state index in [2.05, 4.69) is 6.92 Å². The minimum absolute atomic E-state index is 0.0154. The molecule has 4 nitrogen and oxygen atoms in total. The zero-order valence-electron chi connectivity index (χ0n) is 9.09. The summed E-state index contributed by atoms with van der Waals surface area (Å²) in [6.07, 6.45) is 0.572. The SMILES string of the molecule is CC(O)OC1C2CC3C1OC(O)C3(C)C2. The van der Waals surface area contributed by atoms with E-state index in [-0.39, 0.29) is 17.6 Å². The molecule has 1 heterocycles. The molecule has 0 amide bonds. The van der Waals surface area contributed by atoms with Crippen LogP contribution in [0.4, 0.5) is 0 Å². The van der Waals surface area contributed by atoms with E-state index in [1.807, 2.05) is 0 Å². The predicted octanol–water partition coefficient (Wildman–Crippen LogP) is 0.473. The summed E-state index contributed by atoms with van der Waals surface area (Å²) in [6.45, 7) is 3.72. The van der Waals surface area contributed by atoms with Crippen molar-refractivity contribution in [2.75, 3.05) is 0 Å². The van der Waals surface area contributed by atoms with Crippen LogP contribution in [0.3, 0.4) is 0 Å². The Morgan fingerprint density at radius 3 is 2.93 bits per heavy atom. The van der Waals surface area contributed by atoms with Crippen molar-refractivity contribution in [2.24, 2.45) is 17.3 Å². The van der Waals surface area contributed by atoms with Crippen molar-refractivity contribution in [3.63, 3.8) is 0 Å². The first-order chi connectivity index (χ1) is 7.02. The number of ether oxygens (including phenoxy) is 2. The van der Waals surface area contributed by atoms with Crippen LogP contribution in [0.25, 0.3) is 0 Å². The molecule has 2 bridgehead atoms. The molecule has 0 spiro atoms. The molecule has 1 aliphatic heterocycles. The molecule has 15 heavy (non-hydrogen) atoms. The lowest BCUT2D eigenvalue weighted by Crippen LogP contribution is -2.39. The van der Waals surface area contributed by atoms with Crippen LogP contribution < -0.4 is 0 Å². The highest BCUT2D eigenvalue weighted by atomic mass is 16.7. The Hall–Kier alpha value is -0.160. The average Bonchev–Trinajstić information content (AvgIpc) is 2.66. The van der Waals surface area contributed by atoms with Crippen LogP contribution >= 0.6 is 0 Å². The molecular weight excluding hydrogens is 196 g/mol. The van der Waals surface area contributed by atoms with Gasteiger partial charge in [-0.3, -0.25) is 0 Å². The highest BCUT2D eigenvalue weighted by molar-refractivity contribution is 5.13. The van der Waals surface area contributed by atoms with Gasteiger partial charge in [-0.1, -0.05) is 6.92 Å². The van der Waals surface area contributed by atoms with E-state index < -0.39 is 12.6 Å². The molecule has 0 radical (unpaired) electrons. The molecule has 3 aliphatic rings. The minimum Gasteiger partial charge on any atom is -0.368 e. The van der Waals surface area contributed by atoms with Gasteiger partial charge >= 0.3 is 0 Å². The van der Waals surface area contributed by atoms with Gasteiger partial charge in [0, 0.05) is 5.41 Å². The summed E-state index contributed by atoms with van der Waals surface area (Å²) in [4.78, 5) is 0. The van der Waals surface area contributed by atoms with Crippen molar-refractivity contribution < 1.29 is 19.7 Å². The molecule has 7 unspecified atom stereocenters. The second-order valence-electron chi connectivity index (χ2n) is 5.47. The van der Waals surface area contributed by atoms with E-state index in [0.29, 0.717) is 11.8 Å². The second-order valence-corrected chi connectivity index (χ2v) is 5.47. The van der Waals surface area contributed by atoms with Crippen molar-refractivity contribution in [1.82, 2.24) is 0 Å². The number of fused-ring (bicyclic) bond motifs is 1. The summed E-state index contributed by atoms with van der Waals surface area (Å²) in [5, 5.41) is 19.1. The maximum absolute atomic E-state index is 9.87. The van der Waals surface area contributed by atoms with E-state index in [1.54, 1.807) is 6.92 Å². The normalized spacial score (nSPS) is 58.8. The summed E-state index contributed by atoms with van der Waals surface area (Å²) >= 11 is 0. The van der Waals surface area contributed by atoms with Gasteiger partial charge in [0.2, 0.25) is 0 Å². The molecule has 0 aromatic rings. The van der Waals surface area contributed by atoms with Crippen molar-refractivity contribution in [2.45, 2.75) is 51.5 Å². The fourth-order valence-corrected chi connectivity index (χ4v) is 3.83. The lowest BCUT2D eigenvalue weighted by atomic mass is 9.74. The lowest BCUT2D eigenvalue weighted by Gasteiger charge is -2.32. The highest BCUT2D eigenvalue weighted by Crippen LogP contribution is 2.63. The van der Waals surface area contributed by atoms with Gasteiger partial charge in [-0.15, -0.1) is 0 Å². The van der Waals surface area contributed by atoms with Gasteiger partial charge in [0.1, 0.15) is 0 Å². The molecule has 4 heteroatoms. The molecule has 3 rings (SSSR count). The monoisotopic (exact) mass is 214 g/mol. The number of aliphatic hydroxyl groups is 2. The Balaban J connectivity index is 1.84. The number of hydrogen-bond donors (Lipinski definition) is 2. The van der Waals surface area contributed by atoms with Gasteiger partial charge in [-0.2, -0.15) is 0 Å². The second kappa shape index (κ2) is 2.94. The van der Waals surface area contributed by atoms with E-state index in [4.69, 9.17) is 9.47 Å². The largest absolute Gasteiger partial charge is 0.368 e. The molecule has 0 aromatic carbocycles. The minimum atomic E-state index is -0.748. The summed E-state index contributed by atoms with van der Waals surface area (Å²) < 4.78 is 11.1. The quantitative estimate of drug-likeness (QED) is 0.656. The zero-order chi connectivity index (χ0) is 10.8. The molecular formula is C11H18O4. The van der Waals surface area contributed by atoms with Crippen molar-refractivity contribution in [1.29, 1.82) is 0 Å². The Bertz CT molecular complexity index is 280. The fraction of sp³-hybridized carbons (Fsp3) is 1.00. The van der Waals surface area contributed by atoms with Crippen LogP contribution in [0.15, 0.2) is 0 Å². The molecule has 0 aromatic heterocycles. The summed E-state index contributed by atoms with van der Waals surface area (Å²) in [5.41, 5.74) is -0.0755. The standard InChI is InChI=1S/C11H18O4/c1-5(12)14-8-6-3-7-9(8)15-10(13)11(7,2)4-6/h5-10,12-13H,3-4H2,1-2H3. The maximum atomic E-state index is 9.87. The van der Waals surface area contributed by atoms with Gasteiger partial charge in [0.05, 0.1) is 12.2 Å². The topological polar surface area (TPSA) is 58.9 Å². The summed E-state index contributed by atoms with van der Waals surface area (Å²) in [5.74, 6) is 0.845. The van der Waals surface area contributed by atoms with E-state index >= 15 is 0 Å².